The minimum Gasteiger partial charge on any atom is -0.387 e. The lowest BCUT2D eigenvalue weighted by molar-refractivity contribution is -0.143. The summed E-state index contributed by atoms with van der Waals surface area (Å²) in [6.07, 6.45) is -16.2. The molecule has 0 saturated carbocycles. The van der Waals surface area contributed by atoms with Gasteiger partial charge in [-0.3, -0.25) is 0 Å². The molecular formula is C19H11BrF9NO. The molecule has 3 rings (SSSR count). The molecule has 2 aromatic carbocycles. The van der Waals surface area contributed by atoms with E-state index >= 15 is 0 Å². The van der Waals surface area contributed by atoms with Crippen molar-refractivity contribution in [1.29, 1.82) is 0 Å². The van der Waals surface area contributed by atoms with Crippen molar-refractivity contribution >= 4 is 21.6 Å². The van der Waals surface area contributed by atoms with E-state index in [2.05, 4.69) is 21.1 Å². The Morgan fingerprint density at radius 1 is 0.806 bits per heavy atom. The van der Waals surface area contributed by atoms with Crippen molar-refractivity contribution in [2.24, 2.45) is 5.16 Å². The van der Waals surface area contributed by atoms with Crippen LogP contribution in [-0.2, 0) is 29.8 Å². The SMILES string of the molecule is FC(F)(F)c1cc([C@H]2CC(Cc3cc(C(F)(F)F)ccc3Br)=NO2)cc(C(F)(F)F)c1. The summed E-state index contributed by atoms with van der Waals surface area (Å²) in [7, 11) is 0. The first-order chi connectivity index (χ1) is 14.1. The largest absolute Gasteiger partial charge is 0.416 e. The summed E-state index contributed by atoms with van der Waals surface area (Å²) in [4.78, 5) is 5.01. The Balaban J connectivity index is 1.84. The van der Waals surface area contributed by atoms with Gasteiger partial charge in [0, 0.05) is 17.3 Å². The van der Waals surface area contributed by atoms with Gasteiger partial charge in [-0.1, -0.05) is 21.1 Å². The molecule has 0 unspecified atom stereocenters. The van der Waals surface area contributed by atoms with Gasteiger partial charge in [0.1, 0.15) is 0 Å². The second kappa shape index (κ2) is 8.03. The van der Waals surface area contributed by atoms with Gasteiger partial charge < -0.3 is 4.84 Å². The highest BCUT2D eigenvalue weighted by atomic mass is 79.9. The van der Waals surface area contributed by atoms with Gasteiger partial charge in [0.2, 0.25) is 0 Å². The van der Waals surface area contributed by atoms with Crippen LogP contribution in [0.1, 0.15) is 40.3 Å². The standard InChI is InChI=1S/C19H11BrF9NO/c20-15-2-1-11(17(21,22)23)3-9(15)6-14-8-16(31-30-14)10-4-12(18(24,25)26)7-13(5-10)19(27,28)29/h1-5,7,16H,6,8H2/t16-/m1/s1. The summed E-state index contributed by atoms with van der Waals surface area (Å²) in [6.45, 7) is 0. The molecule has 1 atom stereocenters. The highest BCUT2D eigenvalue weighted by molar-refractivity contribution is 9.10. The maximum absolute atomic E-state index is 13.0. The van der Waals surface area contributed by atoms with E-state index in [1.54, 1.807) is 0 Å². The molecule has 0 aromatic heterocycles. The number of halogens is 10. The summed E-state index contributed by atoms with van der Waals surface area (Å²) in [5.41, 5.74) is -3.91. The van der Waals surface area contributed by atoms with Crippen LogP contribution in [0.2, 0.25) is 0 Å². The molecule has 0 amide bonds. The van der Waals surface area contributed by atoms with Crippen molar-refractivity contribution in [3.05, 3.63) is 68.7 Å². The number of benzene rings is 2. The molecule has 0 bridgehead atoms. The second-order valence-electron chi connectivity index (χ2n) is 6.78. The summed E-state index contributed by atoms with van der Waals surface area (Å²) in [5, 5.41) is 3.66. The van der Waals surface area contributed by atoms with Crippen LogP contribution in [0.15, 0.2) is 46.0 Å². The smallest absolute Gasteiger partial charge is 0.387 e. The fourth-order valence-electron chi connectivity index (χ4n) is 2.98. The first-order valence-corrected chi connectivity index (χ1v) is 9.30. The van der Waals surface area contributed by atoms with Gasteiger partial charge in [0.05, 0.1) is 22.4 Å². The van der Waals surface area contributed by atoms with Gasteiger partial charge >= 0.3 is 18.5 Å². The van der Waals surface area contributed by atoms with Crippen LogP contribution in [0.3, 0.4) is 0 Å². The topological polar surface area (TPSA) is 21.6 Å². The van der Waals surface area contributed by atoms with E-state index in [0.29, 0.717) is 16.6 Å². The molecule has 2 nitrogen and oxygen atoms in total. The van der Waals surface area contributed by atoms with Crippen LogP contribution in [-0.4, -0.2) is 5.71 Å². The van der Waals surface area contributed by atoms with E-state index in [0.717, 1.165) is 12.1 Å². The first-order valence-electron chi connectivity index (χ1n) is 8.51. The van der Waals surface area contributed by atoms with Crippen molar-refractivity contribution in [1.82, 2.24) is 0 Å². The molecule has 12 heteroatoms. The zero-order valence-electron chi connectivity index (χ0n) is 15.1. The molecule has 31 heavy (non-hydrogen) atoms. The van der Waals surface area contributed by atoms with E-state index in [4.69, 9.17) is 4.84 Å². The van der Waals surface area contributed by atoms with Crippen LogP contribution in [0.5, 0.6) is 0 Å². The second-order valence-corrected chi connectivity index (χ2v) is 7.63. The first kappa shape index (κ1) is 23.4. The maximum Gasteiger partial charge on any atom is 0.416 e. The summed E-state index contributed by atoms with van der Waals surface area (Å²) < 4.78 is 117. The van der Waals surface area contributed by atoms with Crippen molar-refractivity contribution in [2.75, 3.05) is 0 Å². The Kier molecular flexibility index (Phi) is 6.07. The van der Waals surface area contributed by atoms with E-state index in [-0.39, 0.29) is 35.7 Å². The van der Waals surface area contributed by atoms with Crippen LogP contribution in [0.25, 0.3) is 0 Å². The molecule has 0 saturated heterocycles. The molecule has 0 spiro atoms. The van der Waals surface area contributed by atoms with E-state index < -0.39 is 41.3 Å². The fraction of sp³-hybridized carbons (Fsp3) is 0.316. The lowest BCUT2D eigenvalue weighted by atomic mass is 9.96. The number of rotatable bonds is 3. The summed E-state index contributed by atoms with van der Waals surface area (Å²) >= 11 is 3.11. The van der Waals surface area contributed by atoms with Crippen LogP contribution in [0, 0.1) is 0 Å². The quantitative estimate of drug-likeness (QED) is 0.383. The lowest BCUT2D eigenvalue weighted by Crippen LogP contribution is -2.13. The summed E-state index contributed by atoms with van der Waals surface area (Å²) in [5.74, 6) is 0. The fourth-order valence-corrected chi connectivity index (χ4v) is 3.37. The third-order valence-corrected chi connectivity index (χ3v) is 5.25. The normalized spacial score (nSPS) is 17.5. The van der Waals surface area contributed by atoms with Gasteiger partial charge in [0.25, 0.3) is 0 Å². The highest BCUT2D eigenvalue weighted by Crippen LogP contribution is 2.40. The summed E-state index contributed by atoms with van der Waals surface area (Å²) in [6, 6.07) is 4.02. The third kappa shape index (κ3) is 5.52. The number of hydrogen-bond acceptors (Lipinski definition) is 2. The predicted molar refractivity (Wildman–Crippen MR) is 95.2 cm³/mol. The zero-order chi connectivity index (χ0) is 23.2. The minimum atomic E-state index is -5.01. The number of nitrogens with zero attached hydrogens (tertiary/aromatic N) is 1. The van der Waals surface area contributed by atoms with Crippen LogP contribution >= 0.6 is 15.9 Å². The highest BCUT2D eigenvalue weighted by Gasteiger charge is 2.38. The predicted octanol–water partition coefficient (Wildman–Crippen LogP) is 7.57. The van der Waals surface area contributed by atoms with E-state index in [1.807, 2.05) is 0 Å². The van der Waals surface area contributed by atoms with Gasteiger partial charge in [-0.2, -0.15) is 39.5 Å². The molecule has 1 heterocycles. The van der Waals surface area contributed by atoms with E-state index in [9.17, 15) is 39.5 Å². The third-order valence-electron chi connectivity index (χ3n) is 4.48. The average Bonchev–Trinajstić information content (AvgIpc) is 3.09. The molecular weight excluding hydrogens is 509 g/mol. The Labute approximate surface area is 177 Å². The van der Waals surface area contributed by atoms with Gasteiger partial charge in [-0.15, -0.1) is 0 Å². The van der Waals surface area contributed by atoms with Crippen molar-refractivity contribution in [2.45, 2.75) is 37.5 Å². The Morgan fingerprint density at radius 3 is 1.87 bits per heavy atom. The molecule has 1 aliphatic heterocycles. The number of oxime groups is 1. The maximum atomic E-state index is 13.0. The Hall–Kier alpha value is -2.24. The Bertz CT molecular complexity index is 977. The van der Waals surface area contributed by atoms with Crippen LogP contribution in [0.4, 0.5) is 39.5 Å². The van der Waals surface area contributed by atoms with Crippen molar-refractivity contribution in [3.8, 4) is 0 Å². The number of hydrogen-bond donors (Lipinski definition) is 0. The van der Waals surface area contributed by atoms with Crippen molar-refractivity contribution in [3.63, 3.8) is 0 Å². The molecule has 0 N–H and O–H groups in total. The van der Waals surface area contributed by atoms with Gasteiger partial charge in [0.15, 0.2) is 6.10 Å². The number of alkyl halides is 9. The molecule has 2 aromatic rings. The minimum absolute atomic E-state index is 0.0000329. The zero-order valence-corrected chi connectivity index (χ0v) is 16.7. The monoisotopic (exact) mass is 519 g/mol. The molecule has 1 aliphatic rings. The molecule has 168 valence electrons. The average molecular weight is 520 g/mol. The molecule has 0 fully saturated rings. The lowest BCUT2D eigenvalue weighted by Gasteiger charge is -2.16. The Morgan fingerprint density at radius 2 is 1.35 bits per heavy atom. The molecule has 0 radical (unpaired) electrons. The van der Waals surface area contributed by atoms with Crippen LogP contribution < -0.4 is 0 Å². The van der Waals surface area contributed by atoms with E-state index in [1.165, 1.54) is 6.07 Å². The molecule has 0 aliphatic carbocycles. The van der Waals surface area contributed by atoms with Gasteiger partial charge in [-0.25, -0.2) is 0 Å². The van der Waals surface area contributed by atoms with Crippen molar-refractivity contribution < 1.29 is 44.4 Å². The van der Waals surface area contributed by atoms with Gasteiger partial charge in [-0.05, 0) is 47.5 Å².